The van der Waals surface area contributed by atoms with Gasteiger partial charge in [-0.25, -0.2) is 9.78 Å². The molecule has 3 aromatic rings. The van der Waals surface area contributed by atoms with E-state index in [-0.39, 0.29) is 41.9 Å². The van der Waals surface area contributed by atoms with Crippen molar-refractivity contribution in [1.29, 1.82) is 0 Å². The number of benzene rings is 1. The first-order valence-corrected chi connectivity index (χ1v) is 9.28. The van der Waals surface area contributed by atoms with Crippen LogP contribution in [0, 0.1) is 0 Å². The number of hydrogen-bond donors (Lipinski definition) is 4. The van der Waals surface area contributed by atoms with Crippen LogP contribution in [-0.2, 0) is 24.7 Å². The molecule has 0 fully saturated rings. The summed E-state index contributed by atoms with van der Waals surface area (Å²) in [4.78, 5) is 45.4. The van der Waals surface area contributed by atoms with E-state index in [1.54, 1.807) is 0 Å². The Labute approximate surface area is 172 Å². The van der Waals surface area contributed by atoms with Crippen molar-refractivity contribution in [3.8, 4) is 0 Å². The summed E-state index contributed by atoms with van der Waals surface area (Å²) in [6.45, 7) is 0. The zero-order chi connectivity index (χ0) is 19.8. The largest absolute Gasteiger partial charge is 0.399 e. The number of anilines is 1. The molecule has 1 unspecified atom stereocenters. The maximum atomic E-state index is 12.5. The highest BCUT2D eigenvalue weighted by atomic mass is 35.5. The van der Waals surface area contributed by atoms with Crippen molar-refractivity contribution in [3.05, 3.63) is 56.0 Å². The number of aromatic amines is 2. The van der Waals surface area contributed by atoms with Crippen LogP contribution >= 0.6 is 12.4 Å². The third-order valence-electron chi connectivity index (χ3n) is 5.21. The lowest BCUT2D eigenvalue weighted by atomic mass is 9.87. The van der Waals surface area contributed by atoms with Gasteiger partial charge in [0.1, 0.15) is 11.3 Å². The molecule has 29 heavy (non-hydrogen) atoms. The van der Waals surface area contributed by atoms with Crippen LogP contribution in [0.15, 0.2) is 27.8 Å². The van der Waals surface area contributed by atoms with Crippen molar-refractivity contribution in [2.45, 2.75) is 38.1 Å². The van der Waals surface area contributed by atoms with Crippen LogP contribution in [0.2, 0.25) is 0 Å². The molecule has 0 radical (unpaired) electrons. The third kappa shape index (κ3) is 4.04. The lowest BCUT2D eigenvalue weighted by Gasteiger charge is -2.26. The number of H-pyrrole nitrogens is 2. The number of hydrogen-bond acceptors (Lipinski definition) is 5. The Bertz CT molecular complexity index is 1180. The lowest BCUT2D eigenvalue weighted by Crippen LogP contribution is -2.31. The molecule has 1 aliphatic carbocycles. The molecule has 1 aliphatic rings. The van der Waals surface area contributed by atoms with E-state index in [9.17, 15) is 14.4 Å². The second-order valence-electron chi connectivity index (χ2n) is 7.17. The summed E-state index contributed by atoms with van der Waals surface area (Å²) in [6, 6.07) is 5.81. The van der Waals surface area contributed by atoms with E-state index in [0.29, 0.717) is 12.2 Å². The van der Waals surface area contributed by atoms with Crippen LogP contribution in [0.5, 0.6) is 0 Å². The molecule has 0 saturated carbocycles. The summed E-state index contributed by atoms with van der Waals surface area (Å²) in [7, 11) is 1.53. The Morgan fingerprint density at radius 2 is 2.14 bits per heavy atom. The maximum absolute atomic E-state index is 12.5. The second kappa shape index (κ2) is 8.12. The summed E-state index contributed by atoms with van der Waals surface area (Å²) < 4.78 is 1.27. The highest BCUT2D eigenvalue weighted by Gasteiger charge is 2.22. The topological polar surface area (TPSA) is 139 Å². The van der Waals surface area contributed by atoms with E-state index in [2.05, 4.69) is 20.3 Å². The number of rotatable bonds is 4. The SMILES string of the molecule is Cl.Cn1c(=O)[nH]c(=O)c2[nH]c(CCC(=O)NC3CCCc4cc(N)ccc43)nc21. The van der Waals surface area contributed by atoms with Crippen molar-refractivity contribution in [2.24, 2.45) is 7.05 Å². The van der Waals surface area contributed by atoms with Crippen molar-refractivity contribution in [2.75, 3.05) is 5.73 Å². The fourth-order valence-corrected chi connectivity index (χ4v) is 3.75. The molecule has 2 heterocycles. The molecule has 1 aromatic carbocycles. The zero-order valence-electron chi connectivity index (χ0n) is 15.9. The number of nitrogens with zero attached hydrogens (tertiary/aromatic N) is 2. The molecule has 2 aromatic heterocycles. The van der Waals surface area contributed by atoms with Crippen molar-refractivity contribution in [1.82, 2.24) is 24.8 Å². The van der Waals surface area contributed by atoms with E-state index >= 15 is 0 Å². The summed E-state index contributed by atoms with van der Waals surface area (Å²) >= 11 is 0. The van der Waals surface area contributed by atoms with Gasteiger partial charge in [0.25, 0.3) is 5.56 Å². The summed E-state index contributed by atoms with van der Waals surface area (Å²) in [6.07, 6.45) is 3.44. The molecule has 4 rings (SSSR count). The van der Waals surface area contributed by atoms with Gasteiger partial charge in [0.2, 0.25) is 5.91 Å². The van der Waals surface area contributed by atoms with Crippen molar-refractivity contribution in [3.63, 3.8) is 0 Å². The van der Waals surface area contributed by atoms with Crippen LogP contribution < -0.4 is 22.3 Å². The van der Waals surface area contributed by atoms with Gasteiger partial charge in [-0.05, 0) is 42.5 Å². The molecular weight excluding hydrogens is 396 g/mol. The molecule has 9 nitrogen and oxygen atoms in total. The van der Waals surface area contributed by atoms with Gasteiger partial charge < -0.3 is 16.0 Å². The molecule has 10 heteroatoms. The van der Waals surface area contributed by atoms with Gasteiger partial charge in [-0.3, -0.25) is 19.1 Å². The number of imidazole rings is 1. The highest BCUT2D eigenvalue weighted by Crippen LogP contribution is 2.31. The molecule has 5 N–H and O–H groups in total. The van der Waals surface area contributed by atoms with E-state index in [1.165, 1.54) is 17.2 Å². The molecule has 1 amide bonds. The van der Waals surface area contributed by atoms with E-state index in [0.717, 1.165) is 30.5 Å². The van der Waals surface area contributed by atoms with E-state index in [4.69, 9.17) is 5.73 Å². The number of halogens is 1. The number of nitrogen functional groups attached to an aromatic ring is 1. The monoisotopic (exact) mass is 418 g/mol. The summed E-state index contributed by atoms with van der Waals surface area (Å²) in [5, 5.41) is 3.09. The van der Waals surface area contributed by atoms with Crippen LogP contribution in [-0.4, -0.2) is 25.4 Å². The molecule has 1 atom stereocenters. The Morgan fingerprint density at radius 1 is 1.34 bits per heavy atom. The van der Waals surface area contributed by atoms with Gasteiger partial charge in [-0.1, -0.05) is 6.07 Å². The molecule has 154 valence electrons. The Balaban J connectivity index is 0.00000240. The zero-order valence-corrected chi connectivity index (χ0v) is 16.8. The van der Waals surface area contributed by atoms with Crippen molar-refractivity contribution >= 4 is 35.2 Å². The predicted octanol–water partition coefficient (Wildman–Crippen LogP) is 1.08. The molecule has 0 bridgehead atoms. The quantitative estimate of drug-likeness (QED) is 0.469. The van der Waals surface area contributed by atoms with Gasteiger partial charge in [-0.15, -0.1) is 12.4 Å². The summed E-state index contributed by atoms with van der Waals surface area (Å²) in [5.41, 5.74) is 8.38. The van der Waals surface area contributed by atoms with Gasteiger partial charge in [0, 0.05) is 25.6 Å². The number of amides is 1. The minimum absolute atomic E-state index is 0. The van der Waals surface area contributed by atoms with Gasteiger partial charge in [-0.2, -0.15) is 0 Å². The minimum atomic E-state index is -0.523. The van der Waals surface area contributed by atoms with Crippen LogP contribution in [0.1, 0.15) is 42.3 Å². The van der Waals surface area contributed by atoms with Crippen molar-refractivity contribution < 1.29 is 4.79 Å². The molecule has 0 aliphatic heterocycles. The molecular formula is C19H23ClN6O3. The van der Waals surface area contributed by atoms with E-state index in [1.807, 2.05) is 18.2 Å². The van der Waals surface area contributed by atoms with Crippen LogP contribution in [0.3, 0.4) is 0 Å². The minimum Gasteiger partial charge on any atom is -0.399 e. The van der Waals surface area contributed by atoms with Crippen LogP contribution in [0.4, 0.5) is 5.69 Å². The number of aryl methyl sites for hydroxylation is 3. The van der Waals surface area contributed by atoms with Gasteiger partial charge in [0.15, 0.2) is 5.65 Å². The molecule has 0 saturated heterocycles. The number of carbonyl (C=O) groups is 1. The first-order chi connectivity index (χ1) is 13.4. The van der Waals surface area contributed by atoms with E-state index < -0.39 is 11.2 Å². The first-order valence-electron chi connectivity index (χ1n) is 9.28. The number of nitrogens with two attached hydrogens (primary N) is 1. The number of aromatic nitrogens is 4. The average Bonchev–Trinajstić information content (AvgIpc) is 3.10. The fraction of sp³-hybridized carbons (Fsp3) is 0.368. The third-order valence-corrected chi connectivity index (χ3v) is 5.21. The maximum Gasteiger partial charge on any atom is 0.329 e. The Kier molecular flexibility index (Phi) is 5.78. The summed E-state index contributed by atoms with van der Waals surface area (Å²) in [5.74, 6) is 0.409. The average molecular weight is 419 g/mol. The predicted molar refractivity (Wildman–Crippen MR) is 112 cm³/mol. The standard InChI is InChI=1S/C19H22N6O3.ClH/c1-25-17-16(18(27)24-19(25)28)22-14(23-17)7-8-15(26)21-13-4-2-3-10-9-11(20)5-6-12(10)13;/h5-6,9,13H,2-4,7-8,20H2,1H3,(H,21,26)(H,22,23)(H,24,27,28);1H. The van der Waals surface area contributed by atoms with Gasteiger partial charge >= 0.3 is 5.69 Å². The van der Waals surface area contributed by atoms with Gasteiger partial charge in [0.05, 0.1) is 6.04 Å². The highest BCUT2D eigenvalue weighted by molar-refractivity contribution is 5.85. The smallest absolute Gasteiger partial charge is 0.329 e. The number of nitrogens with one attached hydrogen (secondary N) is 3. The first kappa shape index (κ1) is 20.7. The fourth-order valence-electron chi connectivity index (χ4n) is 3.75. The second-order valence-corrected chi connectivity index (χ2v) is 7.17. The number of carbonyl (C=O) groups excluding carboxylic acids is 1. The number of fused-ring (bicyclic) bond motifs is 2. The lowest BCUT2D eigenvalue weighted by molar-refractivity contribution is -0.121. The molecule has 0 spiro atoms. The normalized spacial score (nSPS) is 15.6. The Morgan fingerprint density at radius 3 is 2.93 bits per heavy atom. The van der Waals surface area contributed by atoms with Crippen LogP contribution in [0.25, 0.3) is 11.2 Å². The Hall–Kier alpha value is -3.07.